The van der Waals surface area contributed by atoms with Crippen LogP contribution >= 0.6 is 0 Å². The summed E-state index contributed by atoms with van der Waals surface area (Å²) in [4.78, 5) is 12.3. The van der Waals surface area contributed by atoms with Crippen molar-refractivity contribution in [3.63, 3.8) is 0 Å². The maximum absolute atomic E-state index is 11.0. The summed E-state index contributed by atoms with van der Waals surface area (Å²) < 4.78 is 17.0. The van der Waals surface area contributed by atoms with E-state index in [0.717, 1.165) is 5.56 Å². The Morgan fingerprint density at radius 2 is 2.00 bits per heavy atom. The molecule has 0 saturated carbocycles. The van der Waals surface area contributed by atoms with Gasteiger partial charge in [-0.05, 0) is 17.7 Å². The Hall–Kier alpha value is -2.89. The van der Waals surface area contributed by atoms with Crippen LogP contribution < -0.4 is 14.2 Å². The van der Waals surface area contributed by atoms with Crippen LogP contribution in [0.2, 0.25) is 0 Å². The SMILES string of the molecule is CN(CCC(Oc1cccc2c1OCO2)c1ccccc1)C(=O)O. The molecule has 0 spiro atoms. The highest BCUT2D eigenvalue weighted by atomic mass is 16.7. The number of para-hydroxylation sites is 1. The fraction of sp³-hybridized carbons (Fsp3) is 0.278. The monoisotopic (exact) mass is 329 g/mol. The lowest BCUT2D eigenvalue weighted by Crippen LogP contribution is -2.27. The topological polar surface area (TPSA) is 68.2 Å². The molecular weight excluding hydrogens is 310 g/mol. The molecule has 0 radical (unpaired) electrons. The summed E-state index contributed by atoms with van der Waals surface area (Å²) in [7, 11) is 1.54. The third-order valence-corrected chi connectivity index (χ3v) is 3.85. The summed E-state index contributed by atoms with van der Waals surface area (Å²) in [6.45, 7) is 0.536. The lowest BCUT2D eigenvalue weighted by Gasteiger charge is -2.22. The average Bonchev–Trinajstić information content (AvgIpc) is 3.08. The van der Waals surface area contributed by atoms with Crippen molar-refractivity contribution in [1.29, 1.82) is 0 Å². The van der Waals surface area contributed by atoms with Gasteiger partial charge in [0.2, 0.25) is 12.5 Å². The Morgan fingerprint density at radius 1 is 1.21 bits per heavy atom. The van der Waals surface area contributed by atoms with E-state index in [0.29, 0.717) is 30.2 Å². The van der Waals surface area contributed by atoms with Crippen LogP contribution in [0.25, 0.3) is 0 Å². The zero-order valence-corrected chi connectivity index (χ0v) is 13.3. The van der Waals surface area contributed by atoms with Crippen molar-refractivity contribution in [1.82, 2.24) is 4.90 Å². The Balaban J connectivity index is 1.80. The second-order valence-electron chi connectivity index (χ2n) is 5.50. The van der Waals surface area contributed by atoms with Gasteiger partial charge in [-0.1, -0.05) is 36.4 Å². The Morgan fingerprint density at radius 3 is 2.75 bits per heavy atom. The van der Waals surface area contributed by atoms with Crippen LogP contribution in [0.4, 0.5) is 4.79 Å². The van der Waals surface area contributed by atoms with Gasteiger partial charge in [0, 0.05) is 20.0 Å². The van der Waals surface area contributed by atoms with E-state index in [1.807, 2.05) is 48.5 Å². The largest absolute Gasteiger partial charge is 0.482 e. The third-order valence-electron chi connectivity index (χ3n) is 3.85. The van der Waals surface area contributed by atoms with E-state index in [1.54, 1.807) is 7.05 Å². The van der Waals surface area contributed by atoms with Gasteiger partial charge in [0.25, 0.3) is 0 Å². The number of hydrogen-bond donors (Lipinski definition) is 1. The molecular formula is C18H19NO5. The van der Waals surface area contributed by atoms with Gasteiger partial charge in [0.15, 0.2) is 11.5 Å². The predicted octanol–water partition coefficient (Wildman–Crippen LogP) is 3.54. The van der Waals surface area contributed by atoms with Crippen molar-refractivity contribution < 1.29 is 24.1 Å². The van der Waals surface area contributed by atoms with E-state index in [-0.39, 0.29) is 12.9 Å². The Labute approximate surface area is 140 Å². The molecule has 1 unspecified atom stereocenters. The van der Waals surface area contributed by atoms with Gasteiger partial charge >= 0.3 is 6.09 Å². The molecule has 0 saturated heterocycles. The summed E-state index contributed by atoms with van der Waals surface area (Å²) >= 11 is 0. The molecule has 1 aliphatic rings. The van der Waals surface area contributed by atoms with E-state index in [9.17, 15) is 4.79 Å². The van der Waals surface area contributed by atoms with Crippen molar-refractivity contribution in [3.05, 3.63) is 54.1 Å². The maximum Gasteiger partial charge on any atom is 0.407 e. The highest BCUT2D eigenvalue weighted by Crippen LogP contribution is 2.42. The summed E-state index contributed by atoms with van der Waals surface area (Å²) in [5.41, 5.74) is 0.979. The number of nitrogens with zero attached hydrogens (tertiary/aromatic N) is 1. The number of rotatable bonds is 6. The fourth-order valence-electron chi connectivity index (χ4n) is 2.52. The highest BCUT2D eigenvalue weighted by Gasteiger charge is 2.22. The molecule has 0 aliphatic carbocycles. The first-order valence-corrected chi connectivity index (χ1v) is 7.69. The van der Waals surface area contributed by atoms with E-state index in [1.165, 1.54) is 4.90 Å². The molecule has 0 bridgehead atoms. The van der Waals surface area contributed by atoms with Crippen molar-refractivity contribution >= 4 is 6.09 Å². The van der Waals surface area contributed by atoms with Crippen molar-refractivity contribution in [3.8, 4) is 17.2 Å². The highest BCUT2D eigenvalue weighted by molar-refractivity contribution is 5.64. The molecule has 1 heterocycles. The number of amides is 1. The van der Waals surface area contributed by atoms with Gasteiger partial charge in [-0.25, -0.2) is 4.79 Å². The quantitative estimate of drug-likeness (QED) is 0.878. The molecule has 1 N–H and O–H groups in total. The van der Waals surface area contributed by atoms with Crippen molar-refractivity contribution in [2.75, 3.05) is 20.4 Å². The van der Waals surface area contributed by atoms with Crippen LogP contribution in [0.1, 0.15) is 18.1 Å². The molecule has 2 aromatic carbocycles. The average molecular weight is 329 g/mol. The second kappa shape index (κ2) is 7.12. The van der Waals surface area contributed by atoms with Gasteiger partial charge in [-0.15, -0.1) is 0 Å². The minimum absolute atomic E-state index is 0.174. The minimum atomic E-state index is -0.959. The smallest absolute Gasteiger partial charge is 0.407 e. The lowest BCUT2D eigenvalue weighted by molar-refractivity contribution is 0.135. The zero-order valence-electron chi connectivity index (χ0n) is 13.3. The van der Waals surface area contributed by atoms with Gasteiger partial charge in [0.1, 0.15) is 6.10 Å². The van der Waals surface area contributed by atoms with E-state index in [4.69, 9.17) is 19.3 Å². The Bertz CT molecular complexity index is 704. The molecule has 126 valence electrons. The standard InChI is InChI=1S/C18H19NO5/c1-19(18(20)21)11-10-14(13-6-3-2-4-7-13)24-16-9-5-8-15-17(16)23-12-22-15/h2-9,14H,10-12H2,1H3,(H,20,21). The normalized spacial score (nSPS) is 13.4. The number of carboxylic acid groups (broad SMARTS) is 1. The predicted molar refractivity (Wildman–Crippen MR) is 87.6 cm³/mol. The molecule has 0 aromatic heterocycles. The molecule has 0 fully saturated rings. The first-order chi connectivity index (χ1) is 11.6. The molecule has 1 amide bonds. The number of hydrogen-bond acceptors (Lipinski definition) is 4. The van der Waals surface area contributed by atoms with E-state index < -0.39 is 6.09 Å². The first-order valence-electron chi connectivity index (χ1n) is 7.69. The van der Waals surface area contributed by atoms with Crippen molar-refractivity contribution in [2.24, 2.45) is 0 Å². The van der Waals surface area contributed by atoms with Crippen LogP contribution in [-0.2, 0) is 0 Å². The number of carbonyl (C=O) groups is 1. The number of benzene rings is 2. The van der Waals surface area contributed by atoms with Gasteiger partial charge in [-0.3, -0.25) is 0 Å². The zero-order chi connectivity index (χ0) is 16.9. The first kappa shape index (κ1) is 16.0. The Kier molecular flexibility index (Phi) is 4.74. The van der Waals surface area contributed by atoms with Gasteiger partial charge in [0.05, 0.1) is 0 Å². The van der Waals surface area contributed by atoms with Crippen molar-refractivity contribution in [2.45, 2.75) is 12.5 Å². The van der Waals surface area contributed by atoms with E-state index >= 15 is 0 Å². The molecule has 6 nitrogen and oxygen atoms in total. The van der Waals surface area contributed by atoms with E-state index in [2.05, 4.69) is 0 Å². The molecule has 24 heavy (non-hydrogen) atoms. The summed E-state index contributed by atoms with van der Waals surface area (Å²) in [6.07, 6.45) is -0.722. The van der Waals surface area contributed by atoms with Crippen LogP contribution in [0.3, 0.4) is 0 Å². The van der Waals surface area contributed by atoms with Gasteiger partial charge < -0.3 is 24.2 Å². The van der Waals surface area contributed by atoms with Gasteiger partial charge in [-0.2, -0.15) is 0 Å². The summed E-state index contributed by atoms with van der Waals surface area (Å²) in [6, 6.07) is 15.2. The second-order valence-corrected chi connectivity index (χ2v) is 5.50. The molecule has 1 aliphatic heterocycles. The summed E-state index contributed by atoms with van der Waals surface area (Å²) in [5, 5.41) is 9.03. The third kappa shape index (κ3) is 3.53. The van der Waals surface area contributed by atoms with Crippen LogP contribution in [0, 0.1) is 0 Å². The molecule has 3 rings (SSSR count). The number of ether oxygens (including phenoxy) is 3. The minimum Gasteiger partial charge on any atom is -0.482 e. The number of fused-ring (bicyclic) bond motifs is 1. The maximum atomic E-state index is 11.0. The van der Waals surface area contributed by atoms with Crippen LogP contribution in [-0.4, -0.2) is 36.5 Å². The molecule has 6 heteroatoms. The fourth-order valence-corrected chi connectivity index (χ4v) is 2.52. The molecule has 1 atom stereocenters. The lowest BCUT2D eigenvalue weighted by atomic mass is 10.1. The molecule has 2 aromatic rings. The van der Waals surface area contributed by atoms with Crippen LogP contribution in [0.5, 0.6) is 17.2 Å². The summed E-state index contributed by atoms with van der Waals surface area (Å²) in [5.74, 6) is 1.84. The van der Waals surface area contributed by atoms with Crippen LogP contribution in [0.15, 0.2) is 48.5 Å².